The number of pyridine rings is 1. The second-order valence-electron chi connectivity index (χ2n) is 7.03. The van der Waals surface area contributed by atoms with Crippen LogP contribution in [0.25, 0.3) is 22.2 Å². The summed E-state index contributed by atoms with van der Waals surface area (Å²) in [6, 6.07) is 6.84. The Hall–Kier alpha value is -3.31. The van der Waals surface area contributed by atoms with Crippen molar-refractivity contribution in [1.82, 2.24) is 14.5 Å². The summed E-state index contributed by atoms with van der Waals surface area (Å²) in [7, 11) is 4.68. The number of hydrogen-bond donors (Lipinski definition) is 1. The summed E-state index contributed by atoms with van der Waals surface area (Å²) in [5.74, 6) is 1.01. The Morgan fingerprint density at radius 2 is 1.73 bits per heavy atom. The predicted octanol–water partition coefficient (Wildman–Crippen LogP) is 2.72. The van der Waals surface area contributed by atoms with E-state index in [9.17, 15) is 13.6 Å². The topological polar surface area (TPSA) is 96.7 Å². The maximum absolute atomic E-state index is 12.9. The van der Waals surface area contributed by atoms with Crippen LogP contribution in [0.3, 0.4) is 0 Å². The molecule has 1 N–H and O–H groups in total. The Kier molecular flexibility index (Phi) is 8.50. The Labute approximate surface area is 189 Å². The zero-order valence-corrected chi connectivity index (χ0v) is 18.6. The van der Waals surface area contributed by atoms with Crippen molar-refractivity contribution in [3.05, 3.63) is 40.9 Å². The highest BCUT2D eigenvalue weighted by Gasteiger charge is 2.16. The van der Waals surface area contributed by atoms with Gasteiger partial charge in [-0.25, -0.2) is 18.7 Å². The first-order chi connectivity index (χ1) is 15.9. The van der Waals surface area contributed by atoms with E-state index in [1.165, 1.54) is 17.9 Å². The predicted molar refractivity (Wildman–Crippen MR) is 119 cm³/mol. The highest BCUT2D eigenvalue weighted by Crippen LogP contribution is 2.34. The molecule has 1 aromatic carbocycles. The van der Waals surface area contributed by atoms with Gasteiger partial charge in [0.1, 0.15) is 24.4 Å². The lowest BCUT2D eigenvalue weighted by molar-refractivity contribution is 0.132. The van der Waals surface area contributed by atoms with E-state index >= 15 is 0 Å². The van der Waals surface area contributed by atoms with E-state index in [4.69, 9.17) is 18.9 Å². The number of ether oxygens (including phenoxy) is 4. The molecular weight excluding hydrogens is 438 g/mol. The Balaban J connectivity index is 2.05. The van der Waals surface area contributed by atoms with Crippen LogP contribution in [-0.4, -0.2) is 68.2 Å². The quantitative estimate of drug-likeness (QED) is 0.409. The van der Waals surface area contributed by atoms with Gasteiger partial charge < -0.3 is 28.8 Å². The van der Waals surface area contributed by atoms with Gasteiger partial charge in [0, 0.05) is 26.8 Å². The first kappa shape index (κ1) is 24.3. The second kappa shape index (κ2) is 11.5. The molecule has 0 unspecified atom stereocenters. The van der Waals surface area contributed by atoms with Crippen molar-refractivity contribution in [1.29, 1.82) is 0 Å². The lowest BCUT2D eigenvalue weighted by Crippen LogP contribution is -2.20. The summed E-state index contributed by atoms with van der Waals surface area (Å²) >= 11 is 0. The van der Waals surface area contributed by atoms with Gasteiger partial charge in [0.2, 0.25) is 0 Å². The van der Waals surface area contributed by atoms with Gasteiger partial charge in [-0.1, -0.05) is 0 Å². The number of nitrogens with one attached hydrogen (secondary N) is 1. The average molecular weight is 464 g/mol. The monoisotopic (exact) mass is 464 g/mol. The van der Waals surface area contributed by atoms with Crippen LogP contribution in [0.2, 0.25) is 0 Å². The minimum Gasteiger partial charge on any atom is -0.487 e. The standard InChI is InChI=1S/C22H26F2N4O5/c1-28-13-26-16-11-15(27-21(20(16)22(28)29)25-12-19(23)24)14-4-5-17(32-8-6-30-2)18(10-14)33-9-7-31-3/h4-5,10-11,13,19H,6-9,12H2,1-3H3,(H,25,27). The van der Waals surface area contributed by atoms with Gasteiger partial charge in [-0.3, -0.25) is 4.79 Å². The molecule has 178 valence electrons. The molecule has 0 saturated heterocycles. The molecule has 33 heavy (non-hydrogen) atoms. The number of hydrogen-bond acceptors (Lipinski definition) is 8. The van der Waals surface area contributed by atoms with E-state index in [0.717, 1.165) is 0 Å². The summed E-state index contributed by atoms with van der Waals surface area (Å²) in [5.41, 5.74) is 1.01. The van der Waals surface area contributed by atoms with Crippen LogP contribution in [0.4, 0.5) is 14.6 Å². The largest absolute Gasteiger partial charge is 0.487 e. The number of rotatable bonds is 12. The number of aryl methyl sites for hydroxylation is 1. The fourth-order valence-electron chi connectivity index (χ4n) is 3.04. The first-order valence-electron chi connectivity index (χ1n) is 10.2. The molecule has 0 aliphatic rings. The van der Waals surface area contributed by atoms with E-state index in [1.807, 2.05) is 0 Å². The molecule has 3 rings (SSSR count). The van der Waals surface area contributed by atoms with Gasteiger partial charge in [0.05, 0.1) is 37.3 Å². The minimum atomic E-state index is -2.62. The minimum absolute atomic E-state index is 0.0405. The maximum Gasteiger partial charge on any atom is 0.264 e. The molecule has 2 aromatic heterocycles. The third-order valence-electron chi connectivity index (χ3n) is 4.66. The molecule has 0 amide bonds. The summed E-state index contributed by atoms with van der Waals surface area (Å²) in [4.78, 5) is 21.3. The molecular formula is C22H26F2N4O5. The van der Waals surface area contributed by atoms with Crippen molar-refractivity contribution in [3.63, 3.8) is 0 Å². The van der Waals surface area contributed by atoms with Crippen LogP contribution in [0.15, 0.2) is 35.4 Å². The molecule has 0 atom stereocenters. The van der Waals surface area contributed by atoms with Crippen molar-refractivity contribution in [2.75, 3.05) is 52.5 Å². The number of benzene rings is 1. The van der Waals surface area contributed by atoms with Crippen LogP contribution in [0.5, 0.6) is 11.5 Å². The highest BCUT2D eigenvalue weighted by molar-refractivity contribution is 5.91. The number of alkyl halides is 2. The van der Waals surface area contributed by atoms with Crippen molar-refractivity contribution in [3.8, 4) is 22.8 Å². The van der Waals surface area contributed by atoms with Crippen molar-refractivity contribution < 1.29 is 27.7 Å². The van der Waals surface area contributed by atoms with E-state index in [2.05, 4.69) is 15.3 Å². The number of aromatic nitrogens is 3. The zero-order chi connectivity index (χ0) is 23.8. The fraction of sp³-hybridized carbons (Fsp3) is 0.409. The first-order valence-corrected chi connectivity index (χ1v) is 10.2. The summed E-state index contributed by atoms with van der Waals surface area (Å²) in [6.07, 6.45) is -1.24. The summed E-state index contributed by atoms with van der Waals surface area (Å²) in [5, 5.41) is 2.71. The van der Waals surface area contributed by atoms with Crippen molar-refractivity contribution >= 4 is 16.7 Å². The smallest absolute Gasteiger partial charge is 0.264 e. The molecule has 0 saturated carbocycles. The van der Waals surface area contributed by atoms with Crippen LogP contribution in [0.1, 0.15) is 0 Å². The van der Waals surface area contributed by atoms with Crippen LogP contribution in [0, 0.1) is 0 Å². The third-order valence-corrected chi connectivity index (χ3v) is 4.66. The van der Waals surface area contributed by atoms with E-state index < -0.39 is 13.0 Å². The fourth-order valence-corrected chi connectivity index (χ4v) is 3.04. The van der Waals surface area contributed by atoms with Gasteiger partial charge in [-0.2, -0.15) is 0 Å². The maximum atomic E-state index is 12.9. The normalized spacial score (nSPS) is 11.2. The molecule has 0 aliphatic heterocycles. The van der Waals surface area contributed by atoms with Crippen molar-refractivity contribution in [2.45, 2.75) is 6.43 Å². The van der Waals surface area contributed by atoms with E-state index in [-0.39, 0.29) is 16.8 Å². The number of fused-ring (bicyclic) bond motifs is 1. The number of nitrogens with zero attached hydrogens (tertiary/aromatic N) is 3. The summed E-state index contributed by atoms with van der Waals surface area (Å²) < 4.78 is 48.6. The second-order valence-corrected chi connectivity index (χ2v) is 7.03. The molecule has 3 aromatic rings. The van der Waals surface area contributed by atoms with Gasteiger partial charge >= 0.3 is 0 Å². The Bertz CT molecular complexity index is 1140. The molecule has 9 nitrogen and oxygen atoms in total. The Morgan fingerprint density at radius 3 is 2.39 bits per heavy atom. The summed E-state index contributed by atoms with van der Waals surface area (Å²) in [6.45, 7) is 0.765. The lowest BCUT2D eigenvalue weighted by Gasteiger charge is -2.15. The van der Waals surface area contributed by atoms with Crippen molar-refractivity contribution in [2.24, 2.45) is 7.05 Å². The third kappa shape index (κ3) is 6.14. The van der Waals surface area contributed by atoms with E-state index in [0.29, 0.717) is 54.7 Å². The SMILES string of the molecule is COCCOc1ccc(-c2cc3ncn(C)c(=O)c3c(NCC(F)F)n2)cc1OCCOC. The van der Waals surface area contributed by atoms with E-state index in [1.54, 1.807) is 38.5 Å². The number of methoxy groups -OCH3 is 2. The highest BCUT2D eigenvalue weighted by atomic mass is 19.3. The van der Waals surface area contributed by atoms with Gasteiger partial charge in [-0.15, -0.1) is 0 Å². The van der Waals surface area contributed by atoms with Gasteiger partial charge in [0.15, 0.2) is 11.5 Å². The average Bonchev–Trinajstić information content (AvgIpc) is 2.80. The lowest BCUT2D eigenvalue weighted by atomic mass is 10.1. The number of anilines is 1. The van der Waals surface area contributed by atoms with Crippen LogP contribution in [-0.2, 0) is 16.5 Å². The molecule has 0 fully saturated rings. The molecule has 0 radical (unpaired) electrons. The van der Waals surface area contributed by atoms with Crippen LogP contribution >= 0.6 is 0 Å². The Morgan fingerprint density at radius 1 is 1.03 bits per heavy atom. The molecule has 11 heteroatoms. The molecule has 0 spiro atoms. The molecule has 0 bridgehead atoms. The molecule has 2 heterocycles. The van der Waals surface area contributed by atoms with Gasteiger partial charge in [-0.05, 0) is 24.3 Å². The molecule has 0 aliphatic carbocycles. The number of halogens is 2. The van der Waals surface area contributed by atoms with Crippen LogP contribution < -0.4 is 20.3 Å². The van der Waals surface area contributed by atoms with Gasteiger partial charge in [0.25, 0.3) is 12.0 Å². The zero-order valence-electron chi connectivity index (χ0n) is 18.6.